The standard InChI is InChI=1S/C12H13N3O3/c1-14-8-7-13-12(14)18-9-6-10-2-4-11(5-3-10)15(16)17/h2-5,7-8H,6,9H2,1H3. The van der Waals surface area contributed by atoms with Crippen LogP contribution < -0.4 is 4.74 Å². The third kappa shape index (κ3) is 2.85. The van der Waals surface area contributed by atoms with E-state index in [0.717, 1.165) is 5.56 Å². The first kappa shape index (κ1) is 12.1. The predicted molar refractivity (Wildman–Crippen MR) is 65.5 cm³/mol. The second kappa shape index (κ2) is 5.31. The Bertz CT molecular complexity index is 534. The number of hydrogen-bond donors (Lipinski definition) is 0. The second-order valence-corrected chi connectivity index (χ2v) is 3.84. The van der Waals surface area contributed by atoms with E-state index < -0.39 is 4.92 Å². The Kier molecular flexibility index (Phi) is 3.57. The Labute approximate surface area is 104 Å². The molecule has 2 aromatic rings. The average molecular weight is 247 g/mol. The zero-order valence-electron chi connectivity index (χ0n) is 9.94. The van der Waals surface area contributed by atoms with E-state index in [9.17, 15) is 10.1 Å². The second-order valence-electron chi connectivity index (χ2n) is 3.84. The van der Waals surface area contributed by atoms with Crippen molar-refractivity contribution in [2.45, 2.75) is 6.42 Å². The smallest absolute Gasteiger partial charge is 0.295 e. The molecule has 0 bridgehead atoms. The van der Waals surface area contributed by atoms with Gasteiger partial charge in [-0.3, -0.25) is 10.1 Å². The van der Waals surface area contributed by atoms with Crippen LogP contribution >= 0.6 is 0 Å². The SMILES string of the molecule is Cn1ccnc1OCCc1ccc([N+](=O)[O-])cc1. The van der Waals surface area contributed by atoms with Gasteiger partial charge in [0.2, 0.25) is 0 Å². The topological polar surface area (TPSA) is 70.2 Å². The van der Waals surface area contributed by atoms with Crippen molar-refractivity contribution in [3.05, 3.63) is 52.3 Å². The summed E-state index contributed by atoms with van der Waals surface area (Å²) in [6.45, 7) is 0.489. The molecule has 0 fully saturated rings. The number of benzene rings is 1. The minimum atomic E-state index is -0.409. The van der Waals surface area contributed by atoms with Crippen molar-refractivity contribution in [2.75, 3.05) is 6.61 Å². The van der Waals surface area contributed by atoms with Gasteiger partial charge < -0.3 is 9.30 Å². The van der Waals surface area contributed by atoms with Crippen molar-refractivity contribution in [2.24, 2.45) is 7.05 Å². The molecule has 2 rings (SSSR count). The summed E-state index contributed by atoms with van der Waals surface area (Å²) in [6.07, 6.45) is 4.16. The van der Waals surface area contributed by atoms with Gasteiger partial charge in [-0.2, -0.15) is 0 Å². The summed E-state index contributed by atoms with van der Waals surface area (Å²) in [4.78, 5) is 14.1. The maximum atomic E-state index is 10.5. The summed E-state index contributed by atoms with van der Waals surface area (Å²) in [5, 5.41) is 10.5. The van der Waals surface area contributed by atoms with Gasteiger partial charge in [-0.25, -0.2) is 4.98 Å². The fourth-order valence-corrected chi connectivity index (χ4v) is 1.54. The number of nitro benzene ring substituents is 1. The lowest BCUT2D eigenvalue weighted by Crippen LogP contribution is -2.05. The maximum Gasteiger partial charge on any atom is 0.295 e. The zero-order chi connectivity index (χ0) is 13.0. The first-order valence-corrected chi connectivity index (χ1v) is 5.50. The van der Waals surface area contributed by atoms with E-state index in [1.807, 2.05) is 7.05 Å². The van der Waals surface area contributed by atoms with Crippen LogP contribution in [0.4, 0.5) is 5.69 Å². The van der Waals surface area contributed by atoms with Gasteiger partial charge in [0.1, 0.15) is 0 Å². The molecule has 0 saturated heterocycles. The number of nitrogens with zero attached hydrogens (tertiary/aromatic N) is 3. The van der Waals surface area contributed by atoms with Crippen molar-refractivity contribution in [1.29, 1.82) is 0 Å². The highest BCUT2D eigenvalue weighted by Gasteiger charge is 2.04. The summed E-state index contributed by atoms with van der Waals surface area (Å²) in [5.41, 5.74) is 1.10. The van der Waals surface area contributed by atoms with Crippen molar-refractivity contribution < 1.29 is 9.66 Å². The Hall–Kier alpha value is -2.37. The highest BCUT2D eigenvalue weighted by molar-refractivity contribution is 5.32. The molecule has 94 valence electrons. The molecule has 0 saturated carbocycles. The summed E-state index contributed by atoms with van der Waals surface area (Å²) in [6, 6.07) is 7.03. The summed E-state index contributed by atoms with van der Waals surface area (Å²) < 4.78 is 7.26. The monoisotopic (exact) mass is 247 g/mol. The lowest BCUT2D eigenvalue weighted by atomic mass is 10.1. The lowest BCUT2D eigenvalue weighted by molar-refractivity contribution is -0.384. The normalized spacial score (nSPS) is 10.3. The third-order valence-electron chi connectivity index (χ3n) is 2.55. The first-order chi connectivity index (χ1) is 8.66. The molecule has 0 aliphatic carbocycles. The van der Waals surface area contributed by atoms with Crippen LogP contribution in [-0.4, -0.2) is 21.1 Å². The van der Waals surface area contributed by atoms with Crippen molar-refractivity contribution in [3.8, 4) is 6.01 Å². The fraction of sp³-hybridized carbons (Fsp3) is 0.250. The number of nitro groups is 1. The fourth-order valence-electron chi connectivity index (χ4n) is 1.54. The number of hydrogen-bond acceptors (Lipinski definition) is 4. The molecule has 0 spiro atoms. The minimum Gasteiger partial charge on any atom is -0.464 e. The quantitative estimate of drug-likeness (QED) is 0.598. The third-order valence-corrected chi connectivity index (χ3v) is 2.55. The summed E-state index contributed by atoms with van der Waals surface area (Å²) >= 11 is 0. The van der Waals surface area contributed by atoms with Gasteiger partial charge in [0.25, 0.3) is 11.7 Å². The maximum absolute atomic E-state index is 10.5. The Morgan fingerprint density at radius 3 is 2.67 bits per heavy atom. The molecular formula is C12H13N3O3. The molecule has 0 aliphatic heterocycles. The van der Waals surface area contributed by atoms with Crippen LogP contribution in [0.5, 0.6) is 6.01 Å². The molecule has 1 aromatic heterocycles. The summed E-state index contributed by atoms with van der Waals surface area (Å²) in [5.74, 6) is 0. The highest BCUT2D eigenvalue weighted by Crippen LogP contribution is 2.12. The van der Waals surface area contributed by atoms with Crippen LogP contribution in [0.1, 0.15) is 5.56 Å². The van der Waals surface area contributed by atoms with Gasteiger partial charge in [0.15, 0.2) is 0 Å². The van der Waals surface area contributed by atoms with Gasteiger partial charge in [-0.1, -0.05) is 12.1 Å². The van der Waals surface area contributed by atoms with Crippen LogP contribution in [-0.2, 0) is 13.5 Å². The molecule has 6 nitrogen and oxygen atoms in total. The Morgan fingerprint density at radius 1 is 1.39 bits per heavy atom. The van der Waals surface area contributed by atoms with E-state index in [-0.39, 0.29) is 5.69 Å². The number of aromatic nitrogens is 2. The molecule has 0 aliphatic rings. The van der Waals surface area contributed by atoms with Crippen molar-refractivity contribution >= 4 is 5.69 Å². The zero-order valence-corrected chi connectivity index (χ0v) is 9.94. The van der Waals surface area contributed by atoms with Gasteiger partial charge >= 0.3 is 0 Å². The Balaban J connectivity index is 1.87. The molecule has 0 N–H and O–H groups in total. The number of non-ortho nitro benzene ring substituents is 1. The van der Waals surface area contributed by atoms with Crippen LogP contribution in [0.15, 0.2) is 36.7 Å². The van der Waals surface area contributed by atoms with Crippen molar-refractivity contribution in [3.63, 3.8) is 0 Å². The molecular weight excluding hydrogens is 234 g/mol. The average Bonchev–Trinajstić information content (AvgIpc) is 2.76. The van der Waals surface area contributed by atoms with E-state index in [1.54, 1.807) is 29.1 Å². The predicted octanol–water partition coefficient (Wildman–Crippen LogP) is 1.95. The van der Waals surface area contributed by atoms with Gasteiger partial charge in [0.05, 0.1) is 11.5 Å². The van der Waals surface area contributed by atoms with E-state index in [4.69, 9.17) is 4.74 Å². The van der Waals surface area contributed by atoms with E-state index in [2.05, 4.69) is 4.98 Å². The van der Waals surface area contributed by atoms with Crippen LogP contribution in [0, 0.1) is 10.1 Å². The largest absolute Gasteiger partial charge is 0.464 e. The molecule has 0 atom stereocenters. The van der Waals surface area contributed by atoms with E-state index in [0.29, 0.717) is 19.0 Å². The Morgan fingerprint density at radius 2 is 2.11 bits per heavy atom. The molecule has 18 heavy (non-hydrogen) atoms. The molecule has 0 unspecified atom stereocenters. The van der Waals surface area contributed by atoms with Gasteiger partial charge in [-0.15, -0.1) is 0 Å². The lowest BCUT2D eigenvalue weighted by Gasteiger charge is -2.05. The molecule has 0 radical (unpaired) electrons. The van der Waals surface area contributed by atoms with E-state index in [1.165, 1.54) is 12.1 Å². The van der Waals surface area contributed by atoms with Crippen LogP contribution in [0.3, 0.4) is 0 Å². The van der Waals surface area contributed by atoms with E-state index >= 15 is 0 Å². The van der Waals surface area contributed by atoms with Gasteiger partial charge in [-0.05, 0) is 5.56 Å². The number of rotatable bonds is 5. The summed E-state index contributed by atoms with van der Waals surface area (Å²) in [7, 11) is 1.86. The number of ether oxygens (including phenoxy) is 1. The molecule has 0 amide bonds. The number of imidazole rings is 1. The molecule has 1 aromatic carbocycles. The van der Waals surface area contributed by atoms with Crippen LogP contribution in [0.25, 0.3) is 0 Å². The minimum absolute atomic E-state index is 0.101. The van der Waals surface area contributed by atoms with Crippen molar-refractivity contribution in [1.82, 2.24) is 9.55 Å². The number of aryl methyl sites for hydroxylation is 1. The van der Waals surface area contributed by atoms with Crippen LogP contribution in [0.2, 0.25) is 0 Å². The molecule has 1 heterocycles. The van der Waals surface area contributed by atoms with Gasteiger partial charge in [0, 0.05) is 38.0 Å². The first-order valence-electron chi connectivity index (χ1n) is 5.50. The molecule has 6 heteroatoms. The highest BCUT2D eigenvalue weighted by atomic mass is 16.6.